The van der Waals surface area contributed by atoms with Gasteiger partial charge in [0, 0.05) is 43.2 Å². The Hall–Kier alpha value is -1.91. The molecule has 3 aromatic heterocycles. The Bertz CT molecular complexity index is 1330. The van der Waals surface area contributed by atoms with E-state index in [0.717, 1.165) is 23.3 Å². The van der Waals surface area contributed by atoms with Gasteiger partial charge in [0.25, 0.3) is 16.4 Å². The number of rotatable bonds is 9. The van der Waals surface area contributed by atoms with E-state index in [4.69, 9.17) is 4.74 Å². The molecule has 2 atom stereocenters. The highest BCUT2D eigenvalue weighted by Gasteiger charge is 2.32. The number of pyridine rings is 1. The van der Waals surface area contributed by atoms with Crippen LogP contribution in [0.25, 0.3) is 16.3 Å². The van der Waals surface area contributed by atoms with Crippen molar-refractivity contribution in [2.45, 2.75) is 55.8 Å². The average Bonchev–Trinajstić information content (AvgIpc) is 3.43. The maximum atomic E-state index is 13.3. The second kappa shape index (κ2) is 10.5. The molecule has 198 valence electrons. The van der Waals surface area contributed by atoms with E-state index in [-0.39, 0.29) is 32.6 Å². The Morgan fingerprint density at radius 2 is 2.14 bits per heavy atom. The number of imidazole rings is 1. The largest absolute Gasteiger partial charge is 0.384 e. The van der Waals surface area contributed by atoms with Gasteiger partial charge in [0.05, 0.1) is 24.0 Å². The predicted octanol–water partition coefficient (Wildman–Crippen LogP) is 3.33. The Labute approximate surface area is 217 Å². The molecule has 10 nitrogen and oxygen atoms in total. The molecule has 0 aliphatic carbocycles. The first kappa shape index (κ1) is 27.1. The van der Waals surface area contributed by atoms with E-state index in [1.54, 1.807) is 23.8 Å². The van der Waals surface area contributed by atoms with Gasteiger partial charge < -0.3 is 15.0 Å². The first-order valence-corrected chi connectivity index (χ1v) is 14.4. The molecule has 0 spiro atoms. The summed E-state index contributed by atoms with van der Waals surface area (Å²) in [6.45, 7) is 9.72. The van der Waals surface area contributed by atoms with Crippen LogP contribution in [0.2, 0.25) is 0 Å². The summed E-state index contributed by atoms with van der Waals surface area (Å²) in [7, 11) is -2.39. The topological polar surface area (TPSA) is 114 Å². The van der Waals surface area contributed by atoms with Gasteiger partial charge in [0.2, 0.25) is 0 Å². The Kier molecular flexibility index (Phi) is 7.88. The lowest BCUT2D eigenvalue weighted by Gasteiger charge is -2.44. The van der Waals surface area contributed by atoms with Crippen LogP contribution in [0.5, 0.6) is 0 Å². The molecule has 0 bridgehead atoms. The van der Waals surface area contributed by atoms with Gasteiger partial charge >= 0.3 is 0 Å². The zero-order valence-corrected chi connectivity index (χ0v) is 23.0. The predicted molar refractivity (Wildman–Crippen MR) is 137 cm³/mol. The lowest BCUT2D eigenvalue weighted by molar-refractivity contribution is 0.150. The number of ether oxygens (including phenoxy) is 1. The van der Waals surface area contributed by atoms with Crippen LogP contribution in [0.1, 0.15) is 39.1 Å². The minimum absolute atomic E-state index is 0.0176. The van der Waals surface area contributed by atoms with E-state index in [2.05, 4.69) is 50.3 Å². The number of fused-ring (bicyclic) bond motifs is 1. The molecular weight excluding hydrogens is 532 g/mol. The minimum Gasteiger partial charge on any atom is -0.384 e. The fourth-order valence-electron chi connectivity index (χ4n) is 4.30. The normalized spacial score (nSPS) is 19.3. The number of anilines is 1. The van der Waals surface area contributed by atoms with Crippen LogP contribution in [-0.4, -0.2) is 71.6 Å². The lowest BCUT2D eigenvalue weighted by atomic mass is 9.98. The van der Waals surface area contributed by atoms with Crippen LogP contribution in [-0.2, 0) is 14.8 Å². The quantitative estimate of drug-likeness (QED) is 0.380. The molecule has 2 N–H and O–H groups in total. The number of methoxy groups -OCH3 is 1. The Morgan fingerprint density at radius 3 is 2.78 bits per heavy atom. The second-order valence-corrected chi connectivity index (χ2v) is 13.6. The van der Waals surface area contributed by atoms with Crippen molar-refractivity contribution in [3.63, 3.8) is 0 Å². The number of alkyl halides is 2. The summed E-state index contributed by atoms with van der Waals surface area (Å²) in [6.07, 6.45) is 0.284. The first-order valence-electron chi connectivity index (χ1n) is 11.2. The van der Waals surface area contributed by atoms with Gasteiger partial charge in [-0.2, -0.15) is 4.13 Å². The van der Waals surface area contributed by atoms with Gasteiger partial charge in [0.15, 0.2) is 15.8 Å². The van der Waals surface area contributed by atoms with E-state index in [9.17, 15) is 17.2 Å². The fourth-order valence-corrected chi connectivity index (χ4v) is 7.26. The molecular formula is C21H29F2N7O3S3. The molecule has 3 aromatic rings. The highest BCUT2D eigenvalue weighted by molar-refractivity contribution is 8.09. The smallest absolute Gasteiger partial charge is 0.291 e. The van der Waals surface area contributed by atoms with E-state index in [1.165, 1.54) is 6.20 Å². The number of hydrogen-bond donors (Lipinski definition) is 2. The summed E-state index contributed by atoms with van der Waals surface area (Å²) in [5.41, 5.74) is 1.09. The monoisotopic (exact) mass is 561 g/mol. The summed E-state index contributed by atoms with van der Waals surface area (Å²) < 4.78 is 62.2. The van der Waals surface area contributed by atoms with E-state index in [0.29, 0.717) is 30.9 Å². The van der Waals surface area contributed by atoms with Crippen molar-refractivity contribution in [1.82, 2.24) is 29.0 Å². The van der Waals surface area contributed by atoms with Gasteiger partial charge in [-0.05, 0) is 33.8 Å². The number of sulfonamides is 1. The number of aromatic nitrogens is 4. The Morgan fingerprint density at radius 1 is 1.39 bits per heavy atom. The molecule has 1 unspecified atom stereocenters. The summed E-state index contributed by atoms with van der Waals surface area (Å²) in [5.74, 6) is 0.246. The summed E-state index contributed by atoms with van der Waals surface area (Å²) in [5, 5.41) is 10.6. The number of piperazine rings is 1. The molecule has 15 heteroatoms. The van der Waals surface area contributed by atoms with Crippen molar-refractivity contribution < 1.29 is 21.9 Å². The third-order valence-electron chi connectivity index (χ3n) is 5.54. The highest BCUT2D eigenvalue weighted by Crippen LogP contribution is 2.34. The van der Waals surface area contributed by atoms with Crippen LogP contribution in [0, 0.1) is 0 Å². The third-order valence-corrected chi connectivity index (χ3v) is 9.11. The molecule has 0 amide bonds. The van der Waals surface area contributed by atoms with Crippen LogP contribution in [0.4, 0.5) is 14.5 Å². The highest BCUT2D eigenvalue weighted by atomic mass is 32.3. The van der Waals surface area contributed by atoms with Gasteiger partial charge in [0.1, 0.15) is 4.90 Å². The first-order chi connectivity index (χ1) is 16.9. The van der Waals surface area contributed by atoms with Crippen molar-refractivity contribution >= 4 is 44.5 Å². The van der Waals surface area contributed by atoms with E-state index >= 15 is 0 Å². The van der Waals surface area contributed by atoms with Crippen LogP contribution < -0.4 is 14.3 Å². The molecule has 4 heterocycles. The standard InChI is InChI=1S/C21H29F2N7O3S3/c1-12-8-29(11-21(3,4)25-12)15-6-14(36(31,32)28-35-13(2)10-33-5)9-30-16(15)7-24-18(30)20-27-26-19(34-20)17(22)23/h6-7,9,12-13,17,25,28H,8,10-11H2,1-5H3/t12-,13?/m0/s1. The van der Waals surface area contributed by atoms with Gasteiger partial charge in [-0.3, -0.25) is 4.40 Å². The molecule has 0 aromatic carbocycles. The minimum atomic E-state index is -3.94. The maximum absolute atomic E-state index is 13.3. The zero-order valence-electron chi connectivity index (χ0n) is 20.5. The third kappa shape index (κ3) is 5.81. The van der Waals surface area contributed by atoms with Gasteiger partial charge in [-0.15, -0.1) is 10.2 Å². The van der Waals surface area contributed by atoms with Gasteiger partial charge in [-0.25, -0.2) is 22.2 Å². The summed E-state index contributed by atoms with van der Waals surface area (Å²) in [6, 6.07) is 1.78. The maximum Gasteiger partial charge on any atom is 0.291 e. The van der Waals surface area contributed by atoms with Crippen LogP contribution in [0.15, 0.2) is 23.4 Å². The number of halogens is 2. The summed E-state index contributed by atoms with van der Waals surface area (Å²) >= 11 is 1.77. The molecule has 0 saturated carbocycles. The molecule has 1 fully saturated rings. The van der Waals surface area contributed by atoms with Crippen molar-refractivity contribution in [2.75, 3.05) is 31.7 Å². The molecule has 4 rings (SSSR count). The van der Waals surface area contributed by atoms with Crippen LogP contribution >= 0.6 is 23.3 Å². The lowest BCUT2D eigenvalue weighted by Crippen LogP contribution is -2.61. The molecule has 1 aliphatic heterocycles. The molecule has 36 heavy (non-hydrogen) atoms. The molecule has 0 radical (unpaired) electrons. The SMILES string of the molecule is COCC(C)SNS(=O)(=O)c1cc(N2C[C@H](C)NC(C)(C)C2)c2cnc(-c3nnc(C(F)F)s3)n2c1. The fraction of sp³-hybridized carbons (Fsp3) is 0.571. The zero-order chi connectivity index (χ0) is 26.3. The Balaban J connectivity index is 1.83. The van der Waals surface area contributed by atoms with Gasteiger partial charge in [-0.1, -0.05) is 23.3 Å². The van der Waals surface area contributed by atoms with Crippen molar-refractivity contribution in [3.05, 3.63) is 23.5 Å². The summed E-state index contributed by atoms with van der Waals surface area (Å²) in [4.78, 5) is 6.55. The molecule has 1 saturated heterocycles. The van der Waals surface area contributed by atoms with Crippen molar-refractivity contribution in [2.24, 2.45) is 0 Å². The van der Waals surface area contributed by atoms with E-state index in [1.807, 2.05) is 6.92 Å². The average molecular weight is 562 g/mol. The number of nitrogens with zero attached hydrogens (tertiary/aromatic N) is 5. The van der Waals surface area contributed by atoms with Crippen molar-refractivity contribution in [3.8, 4) is 10.8 Å². The van der Waals surface area contributed by atoms with Crippen LogP contribution in [0.3, 0.4) is 0 Å². The van der Waals surface area contributed by atoms with Crippen molar-refractivity contribution in [1.29, 1.82) is 0 Å². The number of hydrogen-bond acceptors (Lipinski definition) is 10. The number of nitrogens with one attached hydrogen (secondary N) is 2. The molecule has 1 aliphatic rings. The second-order valence-electron chi connectivity index (χ2n) is 9.42. The van der Waals surface area contributed by atoms with E-state index < -0.39 is 21.5 Å².